The molecule has 0 saturated heterocycles. The molecule has 0 saturated carbocycles. The maximum absolute atomic E-state index is 5.85. The molecule has 1 unspecified atom stereocenters. The van der Waals surface area contributed by atoms with E-state index in [0.29, 0.717) is 6.61 Å². The summed E-state index contributed by atoms with van der Waals surface area (Å²) in [6.45, 7) is 2.96. The lowest BCUT2D eigenvalue weighted by molar-refractivity contribution is 0.306. The van der Waals surface area contributed by atoms with Crippen LogP contribution in [0.3, 0.4) is 0 Å². The van der Waals surface area contributed by atoms with Gasteiger partial charge in [-0.2, -0.15) is 0 Å². The average Bonchev–Trinajstić information content (AvgIpc) is 2.77. The van der Waals surface area contributed by atoms with Crippen molar-refractivity contribution in [1.29, 1.82) is 0 Å². The van der Waals surface area contributed by atoms with Crippen molar-refractivity contribution in [2.45, 2.75) is 26.4 Å². The van der Waals surface area contributed by atoms with Gasteiger partial charge in [-0.05, 0) is 47.6 Å². The summed E-state index contributed by atoms with van der Waals surface area (Å²) in [5, 5.41) is 0. The molecule has 0 fully saturated rings. The van der Waals surface area contributed by atoms with Crippen LogP contribution < -0.4 is 4.74 Å². The lowest BCUT2D eigenvalue weighted by atomic mass is 10.1. The van der Waals surface area contributed by atoms with Crippen molar-refractivity contribution in [2.24, 2.45) is 5.92 Å². The van der Waals surface area contributed by atoms with E-state index in [1.54, 1.807) is 0 Å². The van der Waals surface area contributed by atoms with E-state index >= 15 is 0 Å². The Morgan fingerprint density at radius 3 is 2.61 bits per heavy atom. The van der Waals surface area contributed by atoms with Gasteiger partial charge in [0.1, 0.15) is 12.4 Å². The molecule has 1 heteroatoms. The Labute approximate surface area is 108 Å². The predicted octanol–water partition coefficient (Wildman–Crippen LogP) is 4.00. The van der Waals surface area contributed by atoms with Crippen LogP contribution in [0.5, 0.6) is 5.75 Å². The predicted molar refractivity (Wildman–Crippen MR) is 73.8 cm³/mol. The molecule has 92 valence electrons. The van der Waals surface area contributed by atoms with Crippen molar-refractivity contribution >= 4 is 0 Å². The van der Waals surface area contributed by atoms with Gasteiger partial charge in [0, 0.05) is 0 Å². The van der Waals surface area contributed by atoms with Gasteiger partial charge in [-0.25, -0.2) is 0 Å². The van der Waals surface area contributed by atoms with Crippen LogP contribution in [0, 0.1) is 5.92 Å². The second-order valence-electron chi connectivity index (χ2n) is 5.22. The van der Waals surface area contributed by atoms with E-state index in [4.69, 9.17) is 4.74 Å². The zero-order valence-electron chi connectivity index (χ0n) is 10.7. The van der Waals surface area contributed by atoms with E-state index in [1.165, 1.54) is 29.5 Å². The summed E-state index contributed by atoms with van der Waals surface area (Å²) in [4.78, 5) is 0. The monoisotopic (exact) mass is 238 g/mol. The molecule has 1 nitrogen and oxygen atoms in total. The Kier molecular flexibility index (Phi) is 3.06. The van der Waals surface area contributed by atoms with Gasteiger partial charge in [0.25, 0.3) is 0 Å². The Balaban J connectivity index is 1.69. The lowest BCUT2D eigenvalue weighted by Crippen LogP contribution is -1.95. The van der Waals surface area contributed by atoms with Gasteiger partial charge in [0.05, 0.1) is 0 Å². The third-order valence-corrected chi connectivity index (χ3v) is 3.56. The van der Waals surface area contributed by atoms with Gasteiger partial charge in [-0.1, -0.05) is 43.3 Å². The smallest absolute Gasteiger partial charge is 0.120 e. The highest BCUT2D eigenvalue weighted by atomic mass is 16.5. The van der Waals surface area contributed by atoms with E-state index < -0.39 is 0 Å². The Bertz CT molecular complexity index is 531. The summed E-state index contributed by atoms with van der Waals surface area (Å²) in [7, 11) is 0. The van der Waals surface area contributed by atoms with E-state index in [1.807, 2.05) is 18.2 Å². The lowest BCUT2D eigenvalue weighted by Gasteiger charge is -2.08. The Hall–Kier alpha value is -1.76. The molecule has 2 aromatic rings. The number of hydrogen-bond donors (Lipinski definition) is 0. The van der Waals surface area contributed by atoms with Gasteiger partial charge < -0.3 is 4.74 Å². The quantitative estimate of drug-likeness (QED) is 0.785. The van der Waals surface area contributed by atoms with Crippen LogP contribution in [0.4, 0.5) is 0 Å². The first kappa shape index (κ1) is 11.3. The molecule has 0 amide bonds. The van der Waals surface area contributed by atoms with Gasteiger partial charge in [-0.3, -0.25) is 0 Å². The highest BCUT2D eigenvalue weighted by molar-refractivity contribution is 5.39. The third kappa shape index (κ3) is 2.40. The fraction of sp³-hybridized carbons (Fsp3) is 0.294. The van der Waals surface area contributed by atoms with Crippen LogP contribution in [0.2, 0.25) is 0 Å². The summed E-state index contributed by atoms with van der Waals surface area (Å²) < 4.78 is 5.85. The highest BCUT2D eigenvalue weighted by Gasteiger charge is 2.17. The van der Waals surface area contributed by atoms with Crippen molar-refractivity contribution in [2.75, 3.05) is 0 Å². The van der Waals surface area contributed by atoms with E-state index in [-0.39, 0.29) is 0 Å². The highest BCUT2D eigenvalue weighted by Crippen LogP contribution is 2.29. The number of benzene rings is 2. The van der Waals surface area contributed by atoms with E-state index in [0.717, 1.165) is 11.7 Å². The van der Waals surface area contributed by atoms with Crippen molar-refractivity contribution in [3.8, 4) is 5.75 Å². The zero-order valence-corrected chi connectivity index (χ0v) is 10.7. The molecule has 0 bridgehead atoms. The van der Waals surface area contributed by atoms with Crippen LogP contribution >= 0.6 is 0 Å². The van der Waals surface area contributed by atoms with Gasteiger partial charge in [-0.15, -0.1) is 0 Å². The summed E-state index contributed by atoms with van der Waals surface area (Å²) in [6, 6.07) is 16.8. The molecule has 1 atom stereocenters. The van der Waals surface area contributed by atoms with Crippen LogP contribution in [-0.4, -0.2) is 0 Å². The van der Waals surface area contributed by atoms with Gasteiger partial charge in [0.15, 0.2) is 0 Å². The Morgan fingerprint density at radius 1 is 1.00 bits per heavy atom. The largest absolute Gasteiger partial charge is 0.489 e. The minimum Gasteiger partial charge on any atom is -0.489 e. The molecule has 0 heterocycles. The maximum atomic E-state index is 5.85. The number of rotatable bonds is 3. The molecule has 0 N–H and O–H groups in total. The van der Waals surface area contributed by atoms with Crippen molar-refractivity contribution < 1.29 is 4.74 Å². The van der Waals surface area contributed by atoms with Gasteiger partial charge in [0.2, 0.25) is 0 Å². The summed E-state index contributed by atoms with van der Waals surface area (Å²) >= 11 is 0. The molecule has 18 heavy (non-hydrogen) atoms. The SMILES string of the molecule is CC1Cc2ccc(OCc3ccccc3)cc2C1. The average molecular weight is 238 g/mol. The van der Waals surface area contributed by atoms with Crippen molar-refractivity contribution in [1.82, 2.24) is 0 Å². The molecule has 0 aromatic heterocycles. The van der Waals surface area contributed by atoms with Crippen molar-refractivity contribution in [3.63, 3.8) is 0 Å². The van der Waals surface area contributed by atoms with Crippen LogP contribution in [0.25, 0.3) is 0 Å². The molecular weight excluding hydrogens is 220 g/mol. The van der Waals surface area contributed by atoms with Crippen LogP contribution in [0.1, 0.15) is 23.6 Å². The summed E-state index contributed by atoms with van der Waals surface area (Å²) in [6.07, 6.45) is 2.41. The standard InChI is InChI=1S/C17H18O/c1-13-9-15-7-8-17(11-16(15)10-13)18-12-14-5-3-2-4-6-14/h2-8,11,13H,9-10,12H2,1H3. The Morgan fingerprint density at radius 2 is 1.78 bits per heavy atom. The summed E-state index contributed by atoms with van der Waals surface area (Å²) in [5.41, 5.74) is 4.17. The van der Waals surface area contributed by atoms with E-state index in [9.17, 15) is 0 Å². The van der Waals surface area contributed by atoms with Gasteiger partial charge >= 0.3 is 0 Å². The first-order valence-corrected chi connectivity index (χ1v) is 6.60. The number of fused-ring (bicyclic) bond motifs is 1. The number of hydrogen-bond acceptors (Lipinski definition) is 1. The second kappa shape index (κ2) is 4.85. The first-order valence-electron chi connectivity index (χ1n) is 6.60. The third-order valence-electron chi connectivity index (χ3n) is 3.56. The molecule has 2 aromatic carbocycles. The molecule has 0 spiro atoms. The van der Waals surface area contributed by atoms with Crippen LogP contribution in [-0.2, 0) is 19.4 Å². The minimum absolute atomic E-state index is 0.648. The minimum atomic E-state index is 0.648. The van der Waals surface area contributed by atoms with Crippen molar-refractivity contribution in [3.05, 3.63) is 65.2 Å². The molecule has 1 aliphatic carbocycles. The normalized spacial score (nSPS) is 17.5. The fourth-order valence-corrected chi connectivity index (χ4v) is 2.65. The maximum Gasteiger partial charge on any atom is 0.120 e. The zero-order chi connectivity index (χ0) is 12.4. The topological polar surface area (TPSA) is 9.23 Å². The molecule has 3 rings (SSSR count). The second-order valence-corrected chi connectivity index (χ2v) is 5.22. The van der Waals surface area contributed by atoms with Crippen LogP contribution in [0.15, 0.2) is 48.5 Å². The molecule has 1 aliphatic rings. The molecule has 0 radical (unpaired) electrons. The molecule has 0 aliphatic heterocycles. The molecular formula is C17H18O. The summed E-state index contributed by atoms with van der Waals surface area (Å²) in [5.74, 6) is 1.77. The fourth-order valence-electron chi connectivity index (χ4n) is 2.65. The first-order chi connectivity index (χ1) is 8.81. The van der Waals surface area contributed by atoms with E-state index in [2.05, 4.69) is 37.3 Å². The number of ether oxygens (including phenoxy) is 1.